The van der Waals surface area contributed by atoms with Crippen molar-refractivity contribution in [2.45, 2.75) is 26.8 Å². The van der Waals surface area contributed by atoms with E-state index in [0.29, 0.717) is 17.8 Å². The van der Waals surface area contributed by atoms with E-state index in [2.05, 4.69) is 0 Å². The minimum Gasteiger partial charge on any atom is -0.399 e. The van der Waals surface area contributed by atoms with Crippen LogP contribution in [0.15, 0.2) is 12.1 Å². The lowest BCUT2D eigenvalue weighted by molar-refractivity contribution is 0.0674. The van der Waals surface area contributed by atoms with Crippen LogP contribution in [-0.4, -0.2) is 48.9 Å². The number of aryl methyl sites for hydroxylation is 1. The molecule has 1 aromatic rings. The topological polar surface area (TPSA) is 49.6 Å². The SMILES string of the molecule is CCN(C(=O)c1cc(N)cc(C)c1F)C(C)CN(C)C. The highest BCUT2D eigenvalue weighted by molar-refractivity contribution is 5.95. The molecular formula is C15H24FN3O. The fourth-order valence-corrected chi connectivity index (χ4v) is 2.39. The van der Waals surface area contributed by atoms with E-state index in [0.717, 1.165) is 6.54 Å². The summed E-state index contributed by atoms with van der Waals surface area (Å²) in [6, 6.07) is 2.95. The normalized spacial score (nSPS) is 12.6. The molecule has 1 aromatic carbocycles. The Labute approximate surface area is 120 Å². The molecule has 0 radical (unpaired) electrons. The molecule has 0 bridgehead atoms. The van der Waals surface area contributed by atoms with Gasteiger partial charge in [-0.1, -0.05) is 0 Å². The van der Waals surface area contributed by atoms with Gasteiger partial charge in [0.1, 0.15) is 5.82 Å². The van der Waals surface area contributed by atoms with Gasteiger partial charge in [-0.05, 0) is 52.6 Å². The van der Waals surface area contributed by atoms with Crippen LogP contribution in [0.3, 0.4) is 0 Å². The average molecular weight is 281 g/mol. The summed E-state index contributed by atoms with van der Waals surface area (Å²) in [6.07, 6.45) is 0. The fraction of sp³-hybridized carbons (Fsp3) is 0.533. The molecule has 112 valence electrons. The number of anilines is 1. The molecule has 0 aliphatic carbocycles. The van der Waals surface area contributed by atoms with Gasteiger partial charge >= 0.3 is 0 Å². The van der Waals surface area contributed by atoms with Crippen molar-refractivity contribution in [2.75, 3.05) is 32.9 Å². The van der Waals surface area contributed by atoms with Gasteiger partial charge in [0.25, 0.3) is 5.91 Å². The third-order valence-electron chi connectivity index (χ3n) is 3.27. The molecule has 1 amide bonds. The number of nitrogen functional groups attached to an aromatic ring is 1. The number of nitrogens with zero attached hydrogens (tertiary/aromatic N) is 2. The van der Waals surface area contributed by atoms with Crippen LogP contribution in [0.5, 0.6) is 0 Å². The van der Waals surface area contributed by atoms with Gasteiger partial charge in [0.2, 0.25) is 0 Å². The van der Waals surface area contributed by atoms with E-state index < -0.39 is 5.82 Å². The van der Waals surface area contributed by atoms with Crippen LogP contribution in [0.25, 0.3) is 0 Å². The van der Waals surface area contributed by atoms with Crippen LogP contribution < -0.4 is 5.73 Å². The molecular weight excluding hydrogens is 257 g/mol. The number of rotatable bonds is 5. The summed E-state index contributed by atoms with van der Waals surface area (Å²) in [7, 11) is 3.89. The number of halogens is 1. The van der Waals surface area contributed by atoms with Gasteiger partial charge in [0.05, 0.1) is 5.56 Å². The minimum atomic E-state index is -0.486. The Bertz CT molecular complexity index is 488. The molecule has 2 N–H and O–H groups in total. The van der Waals surface area contributed by atoms with E-state index in [-0.39, 0.29) is 17.5 Å². The van der Waals surface area contributed by atoms with Gasteiger partial charge in [0.15, 0.2) is 0 Å². The van der Waals surface area contributed by atoms with E-state index in [1.54, 1.807) is 11.8 Å². The molecule has 20 heavy (non-hydrogen) atoms. The van der Waals surface area contributed by atoms with Crippen LogP contribution in [0.2, 0.25) is 0 Å². The maximum atomic E-state index is 14.1. The first kappa shape index (κ1) is 16.4. The summed E-state index contributed by atoms with van der Waals surface area (Å²) >= 11 is 0. The van der Waals surface area contributed by atoms with E-state index in [9.17, 15) is 9.18 Å². The van der Waals surface area contributed by atoms with Crippen LogP contribution in [0.1, 0.15) is 29.8 Å². The van der Waals surface area contributed by atoms with Gasteiger partial charge in [-0.3, -0.25) is 4.79 Å². The average Bonchev–Trinajstić information content (AvgIpc) is 2.33. The summed E-state index contributed by atoms with van der Waals surface area (Å²) in [4.78, 5) is 16.2. The molecule has 0 aliphatic heterocycles. The molecule has 0 aliphatic rings. The molecule has 0 fully saturated rings. The monoisotopic (exact) mass is 281 g/mol. The zero-order chi connectivity index (χ0) is 15.4. The Hall–Kier alpha value is -1.62. The van der Waals surface area contributed by atoms with Crippen molar-refractivity contribution in [3.8, 4) is 0 Å². The number of amides is 1. The fourth-order valence-electron chi connectivity index (χ4n) is 2.39. The maximum Gasteiger partial charge on any atom is 0.257 e. The largest absolute Gasteiger partial charge is 0.399 e. The Balaban J connectivity index is 3.08. The van der Waals surface area contributed by atoms with Crippen molar-refractivity contribution < 1.29 is 9.18 Å². The summed E-state index contributed by atoms with van der Waals surface area (Å²) in [6.45, 7) is 6.71. The van der Waals surface area contributed by atoms with Crippen LogP contribution in [0.4, 0.5) is 10.1 Å². The lowest BCUT2D eigenvalue weighted by atomic mass is 10.1. The number of benzene rings is 1. The summed E-state index contributed by atoms with van der Waals surface area (Å²) < 4.78 is 14.1. The maximum absolute atomic E-state index is 14.1. The molecule has 1 unspecified atom stereocenters. The van der Waals surface area contributed by atoms with Gasteiger partial charge < -0.3 is 15.5 Å². The Morgan fingerprint density at radius 1 is 1.40 bits per heavy atom. The third kappa shape index (κ3) is 3.70. The Morgan fingerprint density at radius 3 is 2.50 bits per heavy atom. The standard InChI is InChI=1S/C15H24FN3O/c1-6-19(11(3)9-18(4)5)15(20)13-8-12(17)7-10(2)14(13)16/h7-8,11H,6,9,17H2,1-5H3. The van der Waals surface area contributed by atoms with Crippen LogP contribution >= 0.6 is 0 Å². The zero-order valence-electron chi connectivity index (χ0n) is 12.9. The quantitative estimate of drug-likeness (QED) is 0.841. The molecule has 0 aromatic heterocycles. The highest BCUT2D eigenvalue weighted by Gasteiger charge is 2.24. The van der Waals surface area contributed by atoms with Gasteiger partial charge in [-0.25, -0.2) is 4.39 Å². The molecule has 0 saturated heterocycles. The van der Waals surface area contributed by atoms with Gasteiger partial charge in [-0.15, -0.1) is 0 Å². The summed E-state index contributed by atoms with van der Waals surface area (Å²) in [5.41, 5.74) is 6.57. The van der Waals surface area contributed by atoms with Crippen LogP contribution in [-0.2, 0) is 0 Å². The van der Waals surface area contributed by atoms with E-state index in [1.165, 1.54) is 12.1 Å². The number of hydrogen-bond donors (Lipinski definition) is 1. The van der Waals surface area contributed by atoms with E-state index in [4.69, 9.17) is 5.73 Å². The van der Waals surface area contributed by atoms with Crippen molar-refractivity contribution >= 4 is 11.6 Å². The predicted octanol–water partition coefficient (Wildman–Crippen LogP) is 2.13. The number of likely N-dealkylation sites (N-methyl/N-ethyl adjacent to an activating group) is 2. The lowest BCUT2D eigenvalue weighted by Crippen LogP contribution is -2.44. The van der Waals surface area contributed by atoms with Gasteiger partial charge in [0, 0.05) is 24.8 Å². The number of carbonyl (C=O) groups is 1. The third-order valence-corrected chi connectivity index (χ3v) is 3.27. The first-order valence-electron chi connectivity index (χ1n) is 6.79. The number of nitrogens with two attached hydrogens (primary N) is 1. The van der Waals surface area contributed by atoms with Crippen LogP contribution in [0, 0.1) is 12.7 Å². The van der Waals surface area contributed by atoms with Gasteiger partial charge in [-0.2, -0.15) is 0 Å². The second-order valence-corrected chi connectivity index (χ2v) is 5.40. The predicted molar refractivity (Wildman–Crippen MR) is 80.3 cm³/mol. The number of hydrogen-bond acceptors (Lipinski definition) is 3. The Kier molecular flexibility index (Phi) is 5.51. The second kappa shape index (κ2) is 6.70. The Morgan fingerprint density at radius 2 is 2.00 bits per heavy atom. The molecule has 5 heteroatoms. The van der Waals surface area contributed by atoms with Crippen molar-refractivity contribution in [2.24, 2.45) is 0 Å². The second-order valence-electron chi connectivity index (χ2n) is 5.40. The van der Waals surface area contributed by atoms with E-state index >= 15 is 0 Å². The lowest BCUT2D eigenvalue weighted by Gasteiger charge is -2.30. The van der Waals surface area contributed by atoms with Crippen molar-refractivity contribution in [3.05, 3.63) is 29.1 Å². The molecule has 0 heterocycles. The van der Waals surface area contributed by atoms with Crippen molar-refractivity contribution in [1.82, 2.24) is 9.80 Å². The first-order valence-corrected chi connectivity index (χ1v) is 6.79. The first-order chi connectivity index (χ1) is 9.27. The molecule has 1 rings (SSSR count). The smallest absolute Gasteiger partial charge is 0.257 e. The summed E-state index contributed by atoms with van der Waals surface area (Å²) in [5.74, 6) is -0.797. The van der Waals surface area contributed by atoms with Crippen molar-refractivity contribution in [1.29, 1.82) is 0 Å². The van der Waals surface area contributed by atoms with E-state index in [1.807, 2.05) is 32.8 Å². The van der Waals surface area contributed by atoms with Crippen molar-refractivity contribution in [3.63, 3.8) is 0 Å². The highest BCUT2D eigenvalue weighted by atomic mass is 19.1. The molecule has 1 atom stereocenters. The molecule has 4 nitrogen and oxygen atoms in total. The number of carbonyl (C=O) groups excluding carboxylic acids is 1. The summed E-state index contributed by atoms with van der Waals surface area (Å²) in [5, 5.41) is 0. The zero-order valence-corrected chi connectivity index (χ0v) is 12.9. The molecule has 0 saturated carbocycles. The molecule has 0 spiro atoms. The minimum absolute atomic E-state index is 0.00337. The highest BCUT2D eigenvalue weighted by Crippen LogP contribution is 2.19.